The molecule has 23 aromatic rings. The average Bonchev–Trinajstić information content (AvgIpc) is 1.57. The molecule has 10 heterocycles. The predicted octanol–water partition coefficient (Wildman–Crippen LogP) is 30.8. The second-order valence-electron chi connectivity index (χ2n) is 36.8. The first-order valence-electron chi connectivity index (χ1n) is 53.7. The van der Waals surface area contributed by atoms with Gasteiger partial charge in [0, 0.05) is 142 Å². The van der Waals surface area contributed by atoms with Crippen LogP contribution in [0.3, 0.4) is 0 Å². The van der Waals surface area contributed by atoms with Gasteiger partial charge in [-0.25, -0.2) is 27.7 Å². The fourth-order valence-corrected chi connectivity index (χ4v) is 20.5. The summed E-state index contributed by atoms with van der Waals surface area (Å²) in [5.74, 6) is -3.93. The van der Waals surface area contributed by atoms with E-state index in [4.69, 9.17) is 46.5 Å². The van der Waals surface area contributed by atoms with Gasteiger partial charge in [-0.3, -0.25) is 0 Å². The van der Waals surface area contributed by atoms with E-state index in [1.54, 1.807) is 32.0 Å². The smallest absolute Gasteiger partial charge is 0.216 e. The maximum atomic E-state index is 9.96. The van der Waals surface area contributed by atoms with E-state index >= 15 is 0 Å². The van der Waals surface area contributed by atoms with E-state index in [2.05, 4.69) is 108 Å². The van der Waals surface area contributed by atoms with Gasteiger partial charge in [-0.15, -0.1) is 0 Å². The van der Waals surface area contributed by atoms with E-state index in [1.165, 1.54) is 13.8 Å². The third-order valence-corrected chi connectivity index (χ3v) is 27.5. The molecule has 2 atom stereocenters. The standard InChI is InChI=1S/C29H25N2O.2C27H21N2O.C24H23N2O.C22H19N2O/c1-18(2)25-27(20-11-7-6-8-12-20)23(30-4)17-22-21-15-14-19(3)26(28(21)32-29(22)25)24-13-9-10-16-31(24)5;2*1-17-12-13-21-25-20(16-28)15-18(2)23(19-9-5-4-6-10-19)27(25)30-26(21)24(17)22-11-7-8-14-29(22)3;1-14(2)20-16(4)12-17(13-25)22-18-10-9-15(3)21(23(18)27-24(20)22)19-8-6-7-11-26(19)5;1-13-8-9-17-20-16(12-23)11-14(2)15(3)21(20)25-22(17)19(13)18-7-5-6-10-24(18)4/h6-18H,1-3,5H3;2*4-15H,1-3H3;6-12,14H,1-5H3;5-11H,1-4H3/q5*+1/i1D3,18D;4D,5D,6D,9D,10D;;1D3,14D;. The zero-order chi connectivity index (χ0) is 112. The molecule has 0 spiro atoms. The SMILES string of the molecule is Cc1ccc2c(oc3c(-c4ccccc4)c(C)cc(C#N)c32)c1-c1cccc[n+]1C.Cc1ccc2c(oc3c(C)c(C)cc(C#N)c32)c1-c1cccc[n+]1C.[2H]C([2H])([2H])C([2H])(C)c1c(-c2ccccc2)c([N+]#[C-])cc2c1oc1c(-c3cccc[n+]3C)c(C)ccc12.[2H]C([2H])([2H])C([2H])(C)c1c(C)cc(C#N)c2c1oc1c(-c3cccc[n+]3C)c(C)ccc12.[2H]c1c([2H])c([2H])c(-c2c(C)cc(C#N)c3c2oc2c(-c4cccc[n+]4C)c(C)ccc23)c([2H])c1[2H]. The second kappa shape index (κ2) is 39.0. The Morgan fingerprint density at radius 2 is 0.590 bits per heavy atom. The van der Waals surface area contributed by atoms with Crippen LogP contribution in [0.1, 0.15) is 146 Å². The number of hydrogen-bond donors (Lipinski definition) is 0. The number of benzene rings is 13. The minimum Gasteiger partial charge on any atom is -0.455 e. The molecule has 144 heavy (non-hydrogen) atoms. The highest BCUT2D eigenvalue weighted by Crippen LogP contribution is 2.51. The van der Waals surface area contributed by atoms with Crippen LogP contribution in [0.5, 0.6) is 0 Å². The van der Waals surface area contributed by atoms with E-state index in [9.17, 15) is 21.0 Å². The molecule has 700 valence electrons. The van der Waals surface area contributed by atoms with Gasteiger partial charge in [0.1, 0.15) is 91.1 Å². The zero-order valence-corrected chi connectivity index (χ0v) is 83.0. The van der Waals surface area contributed by atoms with E-state index in [-0.39, 0.29) is 23.2 Å². The quantitative estimate of drug-likeness (QED) is 0.0949. The summed E-state index contributed by atoms with van der Waals surface area (Å²) in [7, 11) is 9.92. The lowest BCUT2D eigenvalue weighted by atomic mass is 9.89. The first-order chi connectivity index (χ1) is 74.8. The molecular weight excluding hydrogens is 1770 g/mol. The Labute approximate surface area is 856 Å². The Hall–Kier alpha value is -17.9. The van der Waals surface area contributed by atoms with E-state index < -0.39 is 43.6 Å². The van der Waals surface area contributed by atoms with Gasteiger partial charge >= 0.3 is 0 Å². The third-order valence-electron chi connectivity index (χ3n) is 27.5. The highest BCUT2D eigenvalue weighted by Gasteiger charge is 2.33. The van der Waals surface area contributed by atoms with Gasteiger partial charge in [-0.05, 0) is 225 Å². The number of aromatic nitrogens is 5. The van der Waals surface area contributed by atoms with Crippen LogP contribution in [0.15, 0.2) is 326 Å². The summed E-state index contributed by atoms with van der Waals surface area (Å²) in [5, 5.41) is 47.1. The zero-order valence-electron chi connectivity index (χ0n) is 96.0. The van der Waals surface area contributed by atoms with E-state index in [0.717, 1.165) is 172 Å². The van der Waals surface area contributed by atoms with Crippen molar-refractivity contribution in [1.29, 1.82) is 21.0 Å². The maximum Gasteiger partial charge on any atom is 0.216 e. The Morgan fingerprint density at radius 1 is 0.292 bits per heavy atom. The van der Waals surface area contributed by atoms with Crippen molar-refractivity contribution in [2.45, 2.75) is 109 Å². The molecule has 15 heteroatoms. The predicted molar refractivity (Wildman–Crippen MR) is 579 cm³/mol. The van der Waals surface area contributed by atoms with Gasteiger partial charge in [0.2, 0.25) is 28.5 Å². The summed E-state index contributed by atoms with van der Waals surface area (Å²) < 4.78 is 150. The molecule has 0 amide bonds. The van der Waals surface area contributed by atoms with Crippen LogP contribution < -0.4 is 22.8 Å². The van der Waals surface area contributed by atoms with Crippen molar-refractivity contribution < 1.29 is 62.7 Å². The van der Waals surface area contributed by atoms with Crippen LogP contribution in [0.25, 0.3) is 204 Å². The van der Waals surface area contributed by atoms with Gasteiger partial charge in [-0.1, -0.05) is 179 Å². The number of aryl methyl sites for hydroxylation is 15. The topological polar surface area (TPSA) is 185 Å². The number of fused-ring (bicyclic) bond motifs is 15. The van der Waals surface area contributed by atoms with Gasteiger partial charge in [0.15, 0.2) is 36.7 Å². The third kappa shape index (κ3) is 16.6. The van der Waals surface area contributed by atoms with Crippen molar-refractivity contribution in [3.8, 4) is 114 Å². The van der Waals surface area contributed by atoms with Gasteiger partial charge in [0.25, 0.3) is 0 Å². The highest BCUT2D eigenvalue weighted by atomic mass is 16.3. The van der Waals surface area contributed by atoms with Crippen LogP contribution in [0, 0.1) is 121 Å². The number of nitrogens with zero attached hydrogens (tertiary/aromatic N) is 10. The number of nitriles is 4. The van der Waals surface area contributed by atoms with Gasteiger partial charge < -0.3 is 22.1 Å². The maximum absolute atomic E-state index is 9.96. The van der Waals surface area contributed by atoms with E-state index in [1.807, 2.05) is 290 Å². The Kier molecular flexibility index (Phi) is 21.7. The summed E-state index contributed by atoms with van der Waals surface area (Å²) in [4.78, 5) is 3.79. The molecule has 0 saturated heterocycles. The molecule has 10 aromatic heterocycles. The summed E-state index contributed by atoms with van der Waals surface area (Å²) in [6.07, 6.45) is 9.92. The normalized spacial score (nSPS) is 13.5. The lowest BCUT2D eigenvalue weighted by Gasteiger charge is -2.16. The summed E-state index contributed by atoms with van der Waals surface area (Å²) in [6, 6.07) is 85.8. The van der Waals surface area contributed by atoms with Crippen molar-refractivity contribution in [3.05, 3.63) is 404 Å². The Balaban J connectivity index is 0.000000122. The minimum absolute atomic E-state index is 0.0607. The number of hydrogen-bond acceptors (Lipinski definition) is 9. The highest BCUT2D eigenvalue weighted by molar-refractivity contribution is 6.20. The van der Waals surface area contributed by atoms with Crippen molar-refractivity contribution in [3.63, 3.8) is 0 Å². The average molecular weight is 1890 g/mol. The van der Waals surface area contributed by atoms with Gasteiger partial charge in [-0.2, -0.15) is 21.0 Å². The van der Waals surface area contributed by atoms with Crippen LogP contribution in [0.4, 0.5) is 5.69 Å². The molecule has 0 N–H and O–H groups in total. The molecule has 0 radical (unpaired) electrons. The largest absolute Gasteiger partial charge is 0.455 e. The number of pyridine rings is 5. The molecule has 0 aliphatic carbocycles. The number of rotatable bonds is 10. The van der Waals surface area contributed by atoms with Crippen LogP contribution in [0.2, 0.25) is 0 Å². The summed E-state index contributed by atoms with van der Waals surface area (Å²) >= 11 is 0. The monoisotopic (exact) mass is 1890 g/mol. The van der Waals surface area contributed by atoms with Crippen LogP contribution in [-0.4, -0.2) is 0 Å². The molecule has 0 saturated carbocycles. The Bertz CT molecular complexity index is 10100. The first-order valence-corrected chi connectivity index (χ1v) is 47.2. The molecule has 0 aliphatic rings. The summed E-state index contributed by atoms with van der Waals surface area (Å²) in [6.45, 7) is 25.3. The van der Waals surface area contributed by atoms with Crippen molar-refractivity contribution in [2.75, 3.05) is 0 Å². The van der Waals surface area contributed by atoms with Crippen molar-refractivity contribution >= 4 is 115 Å². The first kappa shape index (κ1) is 79.9. The molecule has 15 nitrogen and oxygen atoms in total. The molecular formula is C129H109N10O5+5. The van der Waals surface area contributed by atoms with Crippen LogP contribution >= 0.6 is 0 Å². The second-order valence-corrected chi connectivity index (χ2v) is 36.8. The molecule has 2 unspecified atom stereocenters. The van der Waals surface area contributed by atoms with Crippen molar-refractivity contribution in [1.82, 2.24) is 0 Å². The minimum atomic E-state index is -2.66. The molecule has 13 aromatic carbocycles. The molecule has 23 rings (SSSR count). The van der Waals surface area contributed by atoms with E-state index in [0.29, 0.717) is 111 Å². The lowest BCUT2D eigenvalue weighted by Crippen LogP contribution is -2.30. The summed E-state index contributed by atoms with van der Waals surface area (Å²) in [5.41, 5.74) is 32.0. The number of furan rings is 5. The fraction of sp³-hybridized carbons (Fsp3) is 0.163. The lowest BCUT2D eigenvalue weighted by molar-refractivity contribution is -0.660. The molecule has 0 fully saturated rings. The van der Waals surface area contributed by atoms with Crippen molar-refractivity contribution in [2.24, 2.45) is 35.2 Å². The molecule has 0 aliphatic heterocycles. The molecule has 0 bridgehead atoms. The van der Waals surface area contributed by atoms with Crippen LogP contribution in [-0.2, 0) is 35.2 Å². The van der Waals surface area contributed by atoms with Gasteiger partial charge in [0.05, 0.1) is 87.8 Å². The Morgan fingerprint density at radius 3 is 0.951 bits per heavy atom. The fourth-order valence-electron chi connectivity index (χ4n) is 20.5.